The van der Waals surface area contributed by atoms with Gasteiger partial charge in [-0.25, -0.2) is 5.11 Å². The summed E-state index contributed by atoms with van der Waals surface area (Å²) in [4.78, 5) is 0. The summed E-state index contributed by atoms with van der Waals surface area (Å²) in [5.74, 6) is 0. The lowest BCUT2D eigenvalue weighted by molar-refractivity contribution is 0.0637. The minimum Gasteiger partial charge on any atom is -0.396 e. The predicted octanol–water partition coefficient (Wildman–Crippen LogP) is 2.19. The summed E-state index contributed by atoms with van der Waals surface area (Å²) >= 11 is 5.69. The normalized spacial score (nSPS) is 12.9. The first-order valence-electron chi connectivity index (χ1n) is 3.76. The van der Waals surface area contributed by atoms with Gasteiger partial charge < -0.3 is 5.11 Å². The molecule has 0 aliphatic carbocycles. The van der Waals surface area contributed by atoms with E-state index >= 15 is 0 Å². The number of halogens is 1. The molecule has 0 bridgehead atoms. The smallest absolute Gasteiger partial charge is 0.120 e. The molecule has 0 aromatic heterocycles. The summed E-state index contributed by atoms with van der Waals surface area (Å²) in [6.07, 6.45) is -0.630. The van der Waals surface area contributed by atoms with E-state index in [9.17, 15) is 5.11 Å². The van der Waals surface area contributed by atoms with Gasteiger partial charge in [-0.3, -0.25) is 0 Å². The molecule has 1 aromatic carbocycles. The van der Waals surface area contributed by atoms with Gasteiger partial charge in [-0.15, -0.1) is 0 Å². The van der Waals surface area contributed by atoms with Crippen molar-refractivity contribution < 1.29 is 10.2 Å². The van der Waals surface area contributed by atoms with E-state index in [0.29, 0.717) is 10.6 Å². The summed E-state index contributed by atoms with van der Waals surface area (Å²) in [5.41, 5.74) is 0.636. The van der Waals surface area contributed by atoms with E-state index in [2.05, 4.69) is 0 Å². The first-order chi connectivity index (χ1) is 5.74. The van der Waals surface area contributed by atoms with Gasteiger partial charge in [0.2, 0.25) is 0 Å². The molecule has 0 amide bonds. The number of hydrogen-bond donors (Lipinski definition) is 1. The Morgan fingerprint density at radius 2 is 2.25 bits per heavy atom. The van der Waals surface area contributed by atoms with E-state index < -0.39 is 6.10 Å². The van der Waals surface area contributed by atoms with Gasteiger partial charge in [0.25, 0.3) is 0 Å². The Balaban J connectivity index is 2.73. The SMILES string of the molecule is [O]C(CCO)c1cccc(Cl)c1. The number of rotatable bonds is 3. The third-order valence-corrected chi connectivity index (χ3v) is 1.85. The van der Waals surface area contributed by atoms with Crippen molar-refractivity contribution in [2.24, 2.45) is 0 Å². The van der Waals surface area contributed by atoms with E-state index in [0.717, 1.165) is 0 Å². The molecule has 0 heterocycles. The Morgan fingerprint density at radius 1 is 1.50 bits per heavy atom. The van der Waals surface area contributed by atoms with Crippen LogP contribution in [0.15, 0.2) is 24.3 Å². The van der Waals surface area contributed by atoms with Crippen LogP contribution in [0.5, 0.6) is 0 Å². The molecule has 2 nitrogen and oxygen atoms in total. The van der Waals surface area contributed by atoms with Gasteiger partial charge in [0.15, 0.2) is 0 Å². The summed E-state index contributed by atoms with van der Waals surface area (Å²) in [6.45, 7) is -0.0827. The minimum absolute atomic E-state index is 0.0827. The topological polar surface area (TPSA) is 40.1 Å². The van der Waals surface area contributed by atoms with Gasteiger partial charge >= 0.3 is 0 Å². The van der Waals surface area contributed by atoms with E-state index in [1.165, 1.54) is 0 Å². The highest BCUT2D eigenvalue weighted by Gasteiger charge is 2.07. The van der Waals surface area contributed by atoms with Crippen molar-refractivity contribution in [1.29, 1.82) is 0 Å². The van der Waals surface area contributed by atoms with Crippen LogP contribution in [0.1, 0.15) is 18.1 Å². The highest BCUT2D eigenvalue weighted by molar-refractivity contribution is 6.30. The largest absolute Gasteiger partial charge is 0.396 e. The fourth-order valence-corrected chi connectivity index (χ4v) is 1.19. The standard InChI is InChI=1S/C9H10ClO2/c10-8-3-1-2-7(6-8)9(12)4-5-11/h1-3,6,9,11H,4-5H2. The molecule has 0 spiro atoms. The fraction of sp³-hybridized carbons (Fsp3) is 0.333. The Hall–Kier alpha value is -0.570. The first-order valence-corrected chi connectivity index (χ1v) is 4.14. The van der Waals surface area contributed by atoms with Gasteiger partial charge in [-0.2, -0.15) is 0 Å². The molecule has 0 saturated heterocycles. The average molecular weight is 186 g/mol. The lowest BCUT2D eigenvalue weighted by Crippen LogP contribution is -1.97. The molecule has 0 saturated carbocycles. The molecule has 1 aromatic rings. The predicted molar refractivity (Wildman–Crippen MR) is 46.6 cm³/mol. The van der Waals surface area contributed by atoms with Gasteiger partial charge in [-0.05, 0) is 17.7 Å². The minimum atomic E-state index is -0.867. The van der Waals surface area contributed by atoms with Gasteiger partial charge in [0, 0.05) is 18.1 Å². The zero-order valence-electron chi connectivity index (χ0n) is 6.53. The van der Waals surface area contributed by atoms with E-state index in [1.54, 1.807) is 24.3 Å². The Labute approximate surface area is 76.4 Å². The zero-order chi connectivity index (χ0) is 8.97. The maximum Gasteiger partial charge on any atom is 0.120 e. The Kier molecular flexibility index (Phi) is 3.53. The maximum absolute atomic E-state index is 11.3. The lowest BCUT2D eigenvalue weighted by atomic mass is 10.1. The van der Waals surface area contributed by atoms with Crippen molar-refractivity contribution in [3.63, 3.8) is 0 Å². The van der Waals surface area contributed by atoms with Crippen LogP contribution in [0.25, 0.3) is 0 Å². The number of aliphatic hydroxyl groups excluding tert-OH is 1. The van der Waals surface area contributed by atoms with Crippen LogP contribution in [-0.4, -0.2) is 11.7 Å². The summed E-state index contributed by atoms with van der Waals surface area (Å²) in [6, 6.07) is 6.81. The fourth-order valence-electron chi connectivity index (χ4n) is 0.991. The molecule has 0 aliphatic heterocycles. The third-order valence-electron chi connectivity index (χ3n) is 1.61. The van der Waals surface area contributed by atoms with E-state index in [-0.39, 0.29) is 13.0 Å². The van der Waals surface area contributed by atoms with Crippen molar-refractivity contribution in [2.45, 2.75) is 12.5 Å². The third kappa shape index (κ3) is 2.48. The molecule has 1 rings (SSSR count). The first kappa shape index (κ1) is 9.52. The molecule has 3 heteroatoms. The van der Waals surface area contributed by atoms with Crippen LogP contribution in [0.3, 0.4) is 0 Å². The second-order valence-corrected chi connectivity index (χ2v) is 2.99. The molecule has 1 atom stereocenters. The monoisotopic (exact) mass is 185 g/mol. The molecule has 1 radical (unpaired) electrons. The van der Waals surface area contributed by atoms with Crippen LogP contribution in [-0.2, 0) is 5.11 Å². The van der Waals surface area contributed by atoms with Crippen molar-refractivity contribution in [1.82, 2.24) is 0 Å². The van der Waals surface area contributed by atoms with E-state index in [1.807, 2.05) is 0 Å². The molecule has 12 heavy (non-hydrogen) atoms. The average Bonchev–Trinajstić information content (AvgIpc) is 2.05. The molecule has 1 unspecified atom stereocenters. The summed E-state index contributed by atoms with van der Waals surface area (Å²) < 4.78 is 0. The Bertz CT molecular complexity index is 250. The molecule has 65 valence electrons. The molecule has 1 N–H and O–H groups in total. The molecular formula is C9H10ClO2. The number of aliphatic hydroxyl groups is 1. The lowest BCUT2D eigenvalue weighted by Gasteiger charge is -2.06. The maximum atomic E-state index is 11.3. The van der Waals surface area contributed by atoms with Crippen LogP contribution in [0, 0.1) is 0 Å². The summed E-state index contributed by atoms with van der Waals surface area (Å²) in [5, 5.41) is 20.4. The van der Waals surface area contributed by atoms with Crippen molar-refractivity contribution >= 4 is 11.6 Å². The number of hydrogen-bond acceptors (Lipinski definition) is 1. The van der Waals surface area contributed by atoms with Crippen LogP contribution in [0.2, 0.25) is 5.02 Å². The van der Waals surface area contributed by atoms with E-state index in [4.69, 9.17) is 16.7 Å². The van der Waals surface area contributed by atoms with Gasteiger partial charge in [-0.1, -0.05) is 23.7 Å². The molecular weight excluding hydrogens is 176 g/mol. The second-order valence-electron chi connectivity index (χ2n) is 2.56. The highest BCUT2D eigenvalue weighted by Crippen LogP contribution is 2.20. The summed E-state index contributed by atoms with van der Waals surface area (Å²) in [7, 11) is 0. The van der Waals surface area contributed by atoms with Crippen LogP contribution < -0.4 is 0 Å². The van der Waals surface area contributed by atoms with Crippen molar-refractivity contribution in [2.75, 3.05) is 6.61 Å². The molecule has 0 fully saturated rings. The number of benzene rings is 1. The molecule has 0 aliphatic rings. The quantitative estimate of drug-likeness (QED) is 0.771. The van der Waals surface area contributed by atoms with Gasteiger partial charge in [0.05, 0.1) is 0 Å². The van der Waals surface area contributed by atoms with Crippen molar-refractivity contribution in [3.05, 3.63) is 34.9 Å². The Morgan fingerprint density at radius 3 is 2.83 bits per heavy atom. The second kappa shape index (κ2) is 4.45. The highest BCUT2D eigenvalue weighted by atomic mass is 35.5. The zero-order valence-corrected chi connectivity index (χ0v) is 7.29. The van der Waals surface area contributed by atoms with Crippen molar-refractivity contribution in [3.8, 4) is 0 Å². The van der Waals surface area contributed by atoms with Crippen LogP contribution >= 0.6 is 11.6 Å². The van der Waals surface area contributed by atoms with Crippen LogP contribution in [0.4, 0.5) is 0 Å². The van der Waals surface area contributed by atoms with Gasteiger partial charge in [0.1, 0.15) is 6.10 Å².